The van der Waals surface area contributed by atoms with Crippen LogP contribution in [0.1, 0.15) is 21.7 Å². The van der Waals surface area contributed by atoms with Crippen molar-refractivity contribution in [1.82, 2.24) is 20.0 Å². The van der Waals surface area contributed by atoms with Crippen molar-refractivity contribution in [2.45, 2.75) is 19.1 Å². The van der Waals surface area contributed by atoms with E-state index >= 15 is 0 Å². The predicted octanol–water partition coefficient (Wildman–Crippen LogP) is 3.82. The molecule has 0 fully saturated rings. The summed E-state index contributed by atoms with van der Waals surface area (Å²) in [7, 11) is 0. The number of nitro benzene ring substituents is 1. The maximum atomic E-state index is 14.4. The molecule has 1 N–H and O–H groups in total. The fraction of sp³-hybridized carbons (Fsp3) is 0.150. The van der Waals surface area contributed by atoms with Crippen molar-refractivity contribution in [2.75, 3.05) is 0 Å². The van der Waals surface area contributed by atoms with Crippen LogP contribution in [0.15, 0.2) is 60.8 Å². The van der Waals surface area contributed by atoms with Gasteiger partial charge in [0.05, 0.1) is 11.1 Å². The van der Waals surface area contributed by atoms with E-state index in [1.165, 1.54) is 48.7 Å². The molecule has 0 aliphatic heterocycles. The third-order valence-electron chi connectivity index (χ3n) is 4.54. The van der Waals surface area contributed by atoms with Crippen LogP contribution in [0.25, 0.3) is 10.9 Å². The number of rotatable bonds is 7. The number of H-pyrrole nitrogens is 1. The number of benzene rings is 2. The summed E-state index contributed by atoms with van der Waals surface area (Å²) < 4.78 is 34.8. The predicted molar refractivity (Wildman–Crippen MR) is 104 cm³/mol. The maximum Gasteiger partial charge on any atom is 0.355 e. The van der Waals surface area contributed by atoms with Crippen LogP contribution in [-0.4, -0.2) is 30.9 Å². The summed E-state index contributed by atoms with van der Waals surface area (Å²) in [5.74, 6) is -3.92. The molecule has 9 nitrogen and oxygen atoms in total. The number of hydrogen-bond donors (Lipinski definition) is 1. The number of hydrogen-bond acceptors (Lipinski definition) is 6. The number of carbonyl (C=O) groups excluding carboxylic acids is 1. The van der Waals surface area contributed by atoms with E-state index < -0.39 is 23.4 Å². The maximum absolute atomic E-state index is 14.4. The molecule has 0 bridgehead atoms. The monoisotopic (exact) mass is 427 g/mol. The second-order valence-corrected chi connectivity index (χ2v) is 6.74. The Balaban J connectivity index is 1.42. The van der Waals surface area contributed by atoms with Crippen molar-refractivity contribution in [1.29, 1.82) is 0 Å². The van der Waals surface area contributed by atoms with Gasteiger partial charge in [0, 0.05) is 17.0 Å². The number of nitro groups is 1. The summed E-state index contributed by atoms with van der Waals surface area (Å²) in [5.41, 5.74) is 0.0883. The number of nitrogens with zero attached hydrogens (tertiary/aromatic N) is 4. The van der Waals surface area contributed by atoms with Crippen LogP contribution in [0.2, 0.25) is 0 Å². The van der Waals surface area contributed by atoms with E-state index in [9.17, 15) is 23.7 Å². The summed E-state index contributed by atoms with van der Waals surface area (Å²) in [4.78, 5) is 25.5. The van der Waals surface area contributed by atoms with Crippen molar-refractivity contribution in [3.05, 3.63) is 87.9 Å². The summed E-state index contributed by atoms with van der Waals surface area (Å²) >= 11 is 0. The number of halogens is 2. The van der Waals surface area contributed by atoms with Gasteiger partial charge in [0.15, 0.2) is 0 Å². The third-order valence-corrected chi connectivity index (χ3v) is 4.54. The molecule has 0 radical (unpaired) electrons. The number of fused-ring (bicyclic) bond motifs is 1. The Morgan fingerprint density at radius 2 is 1.97 bits per heavy atom. The second-order valence-electron chi connectivity index (χ2n) is 6.74. The second kappa shape index (κ2) is 7.94. The molecule has 0 aliphatic carbocycles. The Morgan fingerprint density at radius 1 is 1.19 bits per heavy atom. The van der Waals surface area contributed by atoms with Crippen molar-refractivity contribution in [3.8, 4) is 0 Å². The lowest BCUT2D eigenvalue weighted by molar-refractivity contribution is -0.383. The van der Waals surface area contributed by atoms with Crippen LogP contribution >= 0.6 is 0 Å². The smallest absolute Gasteiger partial charge is 0.355 e. The molecule has 0 unspecified atom stereocenters. The quantitative estimate of drug-likeness (QED) is 0.272. The summed E-state index contributed by atoms with van der Waals surface area (Å²) in [6.45, 7) is -1.02. The van der Waals surface area contributed by atoms with Crippen LogP contribution in [-0.2, 0) is 23.8 Å². The molecule has 11 heteroatoms. The molecule has 0 atom stereocenters. The fourth-order valence-corrected chi connectivity index (χ4v) is 3.08. The zero-order valence-electron chi connectivity index (χ0n) is 15.9. The van der Waals surface area contributed by atoms with Gasteiger partial charge in [-0.05, 0) is 6.07 Å². The van der Waals surface area contributed by atoms with Gasteiger partial charge in [0.25, 0.3) is 11.6 Å². The molecule has 2 heterocycles. The van der Waals surface area contributed by atoms with E-state index in [4.69, 9.17) is 4.74 Å². The zero-order chi connectivity index (χ0) is 22.0. The zero-order valence-corrected chi connectivity index (χ0v) is 15.9. The summed E-state index contributed by atoms with van der Waals surface area (Å²) in [5, 5.41) is 19.0. The first-order valence-electron chi connectivity index (χ1n) is 9.09. The molecule has 158 valence electrons. The van der Waals surface area contributed by atoms with E-state index in [2.05, 4.69) is 15.3 Å². The molecule has 4 aromatic rings. The highest BCUT2D eigenvalue weighted by molar-refractivity contribution is 5.97. The van der Waals surface area contributed by atoms with Crippen LogP contribution in [0.4, 0.5) is 14.5 Å². The van der Waals surface area contributed by atoms with Crippen molar-refractivity contribution in [3.63, 3.8) is 0 Å². The molecule has 4 rings (SSSR count). The van der Waals surface area contributed by atoms with E-state index in [-0.39, 0.29) is 34.8 Å². The highest BCUT2D eigenvalue weighted by Gasteiger charge is 2.32. The van der Waals surface area contributed by atoms with Gasteiger partial charge in [0.2, 0.25) is 0 Å². The SMILES string of the molecule is O=C(OCc1cn(CC(F)(F)c2ccccc2)nn1)c1cc2cccc([N+](=O)[O-])c2[nH]1. The van der Waals surface area contributed by atoms with Gasteiger partial charge in [-0.15, -0.1) is 5.10 Å². The van der Waals surface area contributed by atoms with Crippen LogP contribution in [0.5, 0.6) is 0 Å². The van der Waals surface area contributed by atoms with E-state index in [0.29, 0.717) is 5.39 Å². The first-order valence-corrected chi connectivity index (χ1v) is 9.09. The van der Waals surface area contributed by atoms with Gasteiger partial charge >= 0.3 is 5.97 Å². The van der Waals surface area contributed by atoms with Crippen LogP contribution in [0, 0.1) is 10.1 Å². The Kier molecular flexibility index (Phi) is 5.15. The van der Waals surface area contributed by atoms with Gasteiger partial charge in [-0.2, -0.15) is 8.78 Å². The Bertz CT molecular complexity index is 1250. The van der Waals surface area contributed by atoms with E-state index in [1.807, 2.05) is 0 Å². The molecular formula is C20H15F2N5O4. The lowest BCUT2D eigenvalue weighted by atomic mass is 10.1. The normalized spacial score (nSPS) is 11.5. The number of para-hydroxylation sites is 1. The van der Waals surface area contributed by atoms with E-state index in [1.54, 1.807) is 12.1 Å². The average molecular weight is 427 g/mol. The minimum absolute atomic E-state index is 0.0207. The fourth-order valence-electron chi connectivity index (χ4n) is 3.08. The minimum Gasteiger partial charge on any atom is -0.454 e. The van der Waals surface area contributed by atoms with Gasteiger partial charge in [-0.1, -0.05) is 47.7 Å². The molecule has 0 spiro atoms. The number of ether oxygens (including phenoxy) is 1. The van der Waals surface area contributed by atoms with Gasteiger partial charge in [-0.3, -0.25) is 10.1 Å². The molecule has 0 saturated carbocycles. The van der Waals surface area contributed by atoms with Crippen molar-refractivity contribution in [2.24, 2.45) is 0 Å². The summed E-state index contributed by atoms with van der Waals surface area (Å²) in [6, 6.07) is 13.2. The Morgan fingerprint density at radius 3 is 2.71 bits per heavy atom. The highest BCUT2D eigenvalue weighted by atomic mass is 19.3. The first-order chi connectivity index (χ1) is 14.8. The molecule has 2 aromatic heterocycles. The van der Waals surface area contributed by atoms with Gasteiger partial charge < -0.3 is 9.72 Å². The third kappa shape index (κ3) is 4.25. The van der Waals surface area contributed by atoms with E-state index in [0.717, 1.165) is 4.68 Å². The average Bonchev–Trinajstić information content (AvgIpc) is 3.38. The number of aromatic nitrogens is 4. The van der Waals surface area contributed by atoms with Crippen molar-refractivity contribution >= 4 is 22.6 Å². The standard InChI is InChI=1S/C20H15F2N5O4/c21-20(22,14-6-2-1-3-7-14)12-26-10-15(24-25-26)11-31-19(28)16-9-13-5-4-8-17(27(29)30)18(13)23-16/h1-10,23H,11-12H2. The molecule has 0 amide bonds. The van der Waals surface area contributed by atoms with Crippen molar-refractivity contribution < 1.29 is 23.2 Å². The largest absolute Gasteiger partial charge is 0.454 e. The topological polar surface area (TPSA) is 116 Å². The number of esters is 1. The van der Waals surface area contributed by atoms with Crippen LogP contribution < -0.4 is 0 Å². The number of non-ortho nitro benzene ring substituents is 1. The molecular weight excluding hydrogens is 412 g/mol. The molecule has 2 aromatic carbocycles. The van der Waals surface area contributed by atoms with Gasteiger partial charge in [-0.25, -0.2) is 9.48 Å². The number of aromatic amines is 1. The van der Waals surface area contributed by atoms with Crippen LogP contribution in [0.3, 0.4) is 0 Å². The summed E-state index contributed by atoms with van der Waals surface area (Å²) in [6.07, 6.45) is 1.26. The Labute approximate surface area is 173 Å². The lowest BCUT2D eigenvalue weighted by Crippen LogP contribution is -2.21. The number of alkyl halides is 2. The van der Waals surface area contributed by atoms with Gasteiger partial charge in [0.1, 0.15) is 30.1 Å². The minimum atomic E-state index is -3.15. The lowest BCUT2D eigenvalue weighted by Gasteiger charge is -2.15. The Hall–Kier alpha value is -4.15. The first kappa shape index (κ1) is 20.1. The molecule has 0 saturated heterocycles. The molecule has 31 heavy (non-hydrogen) atoms. The highest BCUT2D eigenvalue weighted by Crippen LogP contribution is 2.29. The molecule has 0 aliphatic rings. The number of carbonyl (C=O) groups is 1. The number of nitrogens with one attached hydrogen (secondary N) is 1.